The molecule has 22 heavy (non-hydrogen) atoms. The number of phenolic OH excluding ortho intramolecular Hbond substituents is 2. The predicted octanol–water partition coefficient (Wildman–Crippen LogP) is 2.90. The molecular formula is C17H17NO4. The highest BCUT2D eigenvalue weighted by molar-refractivity contribution is 5.86. The van der Waals surface area contributed by atoms with E-state index >= 15 is 0 Å². The molecule has 0 aromatic heterocycles. The van der Waals surface area contributed by atoms with Crippen molar-refractivity contribution >= 4 is 17.7 Å². The van der Waals surface area contributed by atoms with Crippen LogP contribution in [-0.4, -0.2) is 23.3 Å². The summed E-state index contributed by atoms with van der Waals surface area (Å²) in [7, 11) is 1.33. The Morgan fingerprint density at radius 3 is 2.59 bits per heavy atom. The molecule has 0 bridgehead atoms. The van der Waals surface area contributed by atoms with Crippen LogP contribution in [0.2, 0.25) is 0 Å². The van der Waals surface area contributed by atoms with E-state index in [-0.39, 0.29) is 11.5 Å². The molecule has 0 heterocycles. The van der Waals surface area contributed by atoms with Crippen LogP contribution in [0.4, 0.5) is 5.69 Å². The zero-order valence-corrected chi connectivity index (χ0v) is 12.1. The van der Waals surface area contributed by atoms with Gasteiger partial charge < -0.3 is 20.3 Å². The molecule has 2 aromatic rings. The summed E-state index contributed by atoms with van der Waals surface area (Å²) < 4.78 is 4.52. The number of anilines is 1. The van der Waals surface area contributed by atoms with Crippen LogP contribution in [0.3, 0.4) is 0 Å². The first kappa shape index (κ1) is 15.4. The Morgan fingerprint density at radius 1 is 1.18 bits per heavy atom. The summed E-state index contributed by atoms with van der Waals surface area (Å²) in [6.07, 6.45) is 3.02. The van der Waals surface area contributed by atoms with Gasteiger partial charge in [0.2, 0.25) is 0 Å². The number of hydrogen-bond acceptors (Lipinski definition) is 5. The molecule has 0 unspecified atom stereocenters. The van der Waals surface area contributed by atoms with Crippen LogP contribution in [0.25, 0.3) is 6.08 Å². The van der Waals surface area contributed by atoms with Crippen molar-refractivity contribution in [2.24, 2.45) is 0 Å². The highest BCUT2D eigenvalue weighted by Crippen LogP contribution is 2.28. The van der Waals surface area contributed by atoms with E-state index in [1.54, 1.807) is 18.2 Å². The van der Waals surface area contributed by atoms with Crippen molar-refractivity contribution in [2.75, 3.05) is 12.4 Å². The molecule has 0 radical (unpaired) electrons. The number of carbonyl (C=O) groups excluding carboxylic acids is 1. The average molecular weight is 299 g/mol. The summed E-state index contributed by atoms with van der Waals surface area (Å²) in [6.45, 7) is 0.386. The van der Waals surface area contributed by atoms with Gasteiger partial charge in [0, 0.05) is 23.9 Å². The third-order valence-corrected chi connectivity index (χ3v) is 3.10. The number of aromatic hydroxyl groups is 2. The largest absolute Gasteiger partial charge is 0.504 e. The fraction of sp³-hybridized carbons (Fsp3) is 0.118. The number of rotatable bonds is 5. The van der Waals surface area contributed by atoms with Gasteiger partial charge in [-0.15, -0.1) is 0 Å². The van der Waals surface area contributed by atoms with Crippen LogP contribution in [0.1, 0.15) is 11.1 Å². The normalized spacial score (nSPS) is 10.6. The Bertz CT molecular complexity index is 678. The Labute approximate surface area is 128 Å². The number of nitrogens with one attached hydrogen (secondary N) is 1. The molecule has 0 amide bonds. The Balaban J connectivity index is 1.98. The number of hydrogen-bond donors (Lipinski definition) is 3. The molecule has 0 spiro atoms. The van der Waals surface area contributed by atoms with Gasteiger partial charge in [-0.25, -0.2) is 4.79 Å². The highest BCUT2D eigenvalue weighted by Gasteiger charge is 2.05. The second-order valence-electron chi connectivity index (χ2n) is 4.62. The third kappa shape index (κ3) is 4.02. The third-order valence-electron chi connectivity index (χ3n) is 3.10. The number of carbonyl (C=O) groups is 1. The van der Waals surface area contributed by atoms with Crippen LogP contribution >= 0.6 is 0 Å². The molecule has 5 heteroatoms. The van der Waals surface area contributed by atoms with Crippen molar-refractivity contribution in [1.82, 2.24) is 0 Å². The molecule has 0 saturated heterocycles. The maximum atomic E-state index is 11.0. The number of benzene rings is 2. The van der Waals surface area contributed by atoms with E-state index in [0.717, 1.165) is 11.3 Å². The lowest BCUT2D eigenvalue weighted by atomic mass is 10.1. The molecule has 0 aliphatic carbocycles. The second-order valence-corrected chi connectivity index (χ2v) is 4.62. The summed E-state index contributed by atoms with van der Waals surface area (Å²) in [5.74, 6) is -0.656. The Hall–Kier alpha value is -2.95. The first-order valence-electron chi connectivity index (χ1n) is 6.70. The van der Waals surface area contributed by atoms with Crippen LogP contribution < -0.4 is 5.32 Å². The molecule has 0 aliphatic heterocycles. The summed E-state index contributed by atoms with van der Waals surface area (Å²) >= 11 is 0. The van der Waals surface area contributed by atoms with Crippen LogP contribution in [0.5, 0.6) is 11.5 Å². The zero-order chi connectivity index (χ0) is 15.9. The maximum absolute atomic E-state index is 11.0. The van der Waals surface area contributed by atoms with E-state index in [0.29, 0.717) is 12.1 Å². The van der Waals surface area contributed by atoms with E-state index in [4.69, 9.17) is 0 Å². The average Bonchev–Trinajstić information content (AvgIpc) is 2.55. The molecule has 3 N–H and O–H groups in total. The van der Waals surface area contributed by atoms with E-state index < -0.39 is 5.97 Å². The number of phenols is 2. The number of ether oxygens (including phenoxy) is 1. The van der Waals surface area contributed by atoms with Gasteiger partial charge in [0.05, 0.1) is 7.11 Å². The summed E-state index contributed by atoms with van der Waals surface area (Å²) in [6, 6.07) is 12.3. The van der Waals surface area contributed by atoms with Crippen LogP contribution in [0.15, 0.2) is 48.5 Å². The molecular weight excluding hydrogens is 282 g/mol. The molecule has 0 saturated carbocycles. The Kier molecular flexibility index (Phi) is 5.03. The maximum Gasteiger partial charge on any atom is 0.330 e. The van der Waals surface area contributed by atoms with E-state index in [2.05, 4.69) is 10.1 Å². The second kappa shape index (κ2) is 7.17. The van der Waals surface area contributed by atoms with Crippen molar-refractivity contribution in [1.29, 1.82) is 0 Å². The van der Waals surface area contributed by atoms with Gasteiger partial charge in [0.15, 0.2) is 11.5 Å². The smallest absolute Gasteiger partial charge is 0.330 e. The lowest BCUT2D eigenvalue weighted by Crippen LogP contribution is -1.99. The van der Waals surface area contributed by atoms with Crippen molar-refractivity contribution in [3.63, 3.8) is 0 Å². The van der Waals surface area contributed by atoms with Crippen LogP contribution in [-0.2, 0) is 16.1 Å². The highest BCUT2D eigenvalue weighted by atomic mass is 16.5. The standard InChI is InChI=1S/C17H17NO4/c1-22-16(20)10-7-12-5-8-14(9-6-12)18-11-13-3-2-4-15(19)17(13)21/h2-10,18-19,21H,11H2,1H3/b10-7+. The molecule has 0 aliphatic rings. The van der Waals surface area contributed by atoms with Gasteiger partial charge in [-0.2, -0.15) is 0 Å². The van der Waals surface area contributed by atoms with Crippen molar-refractivity contribution in [3.8, 4) is 11.5 Å². The number of methoxy groups -OCH3 is 1. The lowest BCUT2D eigenvalue weighted by Gasteiger charge is -2.09. The van der Waals surface area contributed by atoms with Crippen molar-refractivity contribution in [3.05, 3.63) is 59.7 Å². The molecule has 114 valence electrons. The minimum Gasteiger partial charge on any atom is -0.504 e. The number of esters is 1. The summed E-state index contributed by atoms with van der Waals surface area (Å²) in [4.78, 5) is 11.0. The number of para-hydroxylation sites is 1. The quantitative estimate of drug-likeness (QED) is 0.449. The summed E-state index contributed by atoms with van der Waals surface area (Å²) in [5, 5.41) is 22.3. The SMILES string of the molecule is COC(=O)/C=C/c1ccc(NCc2cccc(O)c2O)cc1. The molecule has 2 rings (SSSR count). The zero-order valence-electron chi connectivity index (χ0n) is 12.1. The molecule has 0 fully saturated rings. The lowest BCUT2D eigenvalue weighted by molar-refractivity contribution is -0.134. The van der Waals surface area contributed by atoms with Gasteiger partial charge in [-0.1, -0.05) is 24.3 Å². The fourth-order valence-corrected chi connectivity index (χ4v) is 1.86. The van der Waals surface area contributed by atoms with Crippen molar-refractivity contribution in [2.45, 2.75) is 6.54 Å². The van der Waals surface area contributed by atoms with Gasteiger partial charge in [-0.3, -0.25) is 0 Å². The van der Waals surface area contributed by atoms with Gasteiger partial charge >= 0.3 is 5.97 Å². The van der Waals surface area contributed by atoms with E-state index in [9.17, 15) is 15.0 Å². The van der Waals surface area contributed by atoms with E-state index in [1.807, 2.05) is 24.3 Å². The first-order valence-corrected chi connectivity index (χ1v) is 6.70. The monoisotopic (exact) mass is 299 g/mol. The topological polar surface area (TPSA) is 78.8 Å². The fourth-order valence-electron chi connectivity index (χ4n) is 1.86. The summed E-state index contributed by atoms with van der Waals surface area (Å²) in [5.41, 5.74) is 2.34. The van der Waals surface area contributed by atoms with Gasteiger partial charge in [-0.05, 0) is 29.8 Å². The minimum atomic E-state index is -0.401. The molecule has 2 aromatic carbocycles. The first-order chi connectivity index (χ1) is 10.6. The van der Waals surface area contributed by atoms with Gasteiger partial charge in [0.25, 0.3) is 0 Å². The predicted molar refractivity (Wildman–Crippen MR) is 84.6 cm³/mol. The van der Waals surface area contributed by atoms with E-state index in [1.165, 1.54) is 19.3 Å². The van der Waals surface area contributed by atoms with Crippen LogP contribution in [0, 0.1) is 0 Å². The molecule has 0 atom stereocenters. The minimum absolute atomic E-state index is 0.118. The Morgan fingerprint density at radius 2 is 1.91 bits per heavy atom. The molecule has 5 nitrogen and oxygen atoms in total. The van der Waals surface area contributed by atoms with Gasteiger partial charge in [0.1, 0.15) is 0 Å². The van der Waals surface area contributed by atoms with Crippen molar-refractivity contribution < 1.29 is 19.7 Å².